The quantitative estimate of drug-likeness (QED) is 0.561. The molecule has 0 N–H and O–H groups in total. The van der Waals surface area contributed by atoms with E-state index in [4.69, 9.17) is 0 Å². The fourth-order valence-electron chi connectivity index (χ4n) is 6.41. The van der Waals surface area contributed by atoms with Gasteiger partial charge in [-0.15, -0.1) is 0 Å². The third-order valence-electron chi connectivity index (χ3n) is 7.55. The smallest absolute Gasteiger partial charge is 0.263 e. The lowest BCUT2D eigenvalue weighted by Crippen LogP contribution is -2.35. The number of aryl methyl sites for hydroxylation is 4. The molecule has 0 amide bonds. The Hall–Kier alpha value is -2.56. The minimum Gasteiger partial charge on any atom is -0.371 e. The summed E-state index contributed by atoms with van der Waals surface area (Å²) in [5.74, 6) is 0. The predicted octanol–water partition coefficient (Wildman–Crippen LogP) is 4.45. The van der Waals surface area contributed by atoms with Crippen molar-refractivity contribution in [1.29, 1.82) is 0 Å². The molecule has 30 heavy (non-hydrogen) atoms. The fourth-order valence-corrected chi connectivity index (χ4v) is 6.41. The number of nitro groups is 1. The van der Waals surface area contributed by atoms with E-state index in [2.05, 4.69) is 34.1 Å². The highest BCUT2D eigenvalue weighted by atomic mass is 16.6. The van der Waals surface area contributed by atoms with Gasteiger partial charge >= 0.3 is 0 Å². The van der Waals surface area contributed by atoms with Gasteiger partial charge in [-0.25, -0.2) is 0 Å². The summed E-state index contributed by atoms with van der Waals surface area (Å²) in [6, 6.07) is 7.85. The van der Waals surface area contributed by atoms with E-state index in [1.807, 2.05) is 0 Å². The molecule has 4 aliphatic heterocycles. The second-order valence-electron chi connectivity index (χ2n) is 9.45. The van der Waals surface area contributed by atoms with E-state index in [0.717, 1.165) is 88.7 Å². The molecule has 2 aromatic rings. The van der Waals surface area contributed by atoms with Gasteiger partial charge in [0.25, 0.3) is 6.04 Å². The van der Waals surface area contributed by atoms with Crippen LogP contribution in [0.15, 0.2) is 24.3 Å². The van der Waals surface area contributed by atoms with Gasteiger partial charge in [-0.3, -0.25) is 10.1 Å². The molecule has 0 saturated heterocycles. The molecule has 5 heteroatoms. The zero-order valence-electron chi connectivity index (χ0n) is 17.5. The number of nitrogens with zero attached hydrogens (tertiary/aromatic N) is 3. The average Bonchev–Trinajstić information content (AvgIpc) is 2.74. The van der Waals surface area contributed by atoms with Gasteiger partial charge in [-0.05, 0) is 97.9 Å². The molecule has 0 atom stereocenters. The van der Waals surface area contributed by atoms with Crippen molar-refractivity contribution in [3.05, 3.63) is 67.8 Å². The molecule has 2 aromatic carbocycles. The summed E-state index contributed by atoms with van der Waals surface area (Å²) in [6.07, 6.45) is 8.78. The van der Waals surface area contributed by atoms with Crippen LogP contribution < -0.4 is 9.80 Å². The molecule has 156 valence electrons. The number of rotatable bonds is 3. The van der Waals surface area contributed by atoms with Crippen LogP contribution in [0, 0.1) is 10.1 Å². The molecule has 0 fully saturated rings. The van der Waals surface area contributed by atoms with Gasteiger partial charge in [0.15, 0.2) is 0 Å². The van der Waals surface area contributed by atoms with Crippen molar-refractivity contribution in [2.75, 3.05) is 36.0 Å². The summed E-state index contributed by atoms with van der Waals surface area (Å²) in [5.41, 5.74) is 9.83. The van der Waals surface area contributed by atoms with Crippen molar-refractivity contribution < 1.29 is 4.92 Å². The van der Waals surface area contributed by atoms with E-state index < -0.39 is 6.04 Å². The highest BCUT2D eigenvalue weighted by Crippen LogP contribution is 2.42. The van der Waals surface area contributed by atoms with Crippen molar-refractivity contribution in [2.45, 2.75) is 57.4 Å². The predicted molar refractivity (Wildman–Crippen MR) is 119 cm³/mol. The second-order valence-corrected chi connectivity index (χ2v) is 9.45. The number of benzene rings is 2. The van der Waals surface area contributed by atoms with Crippen molar-refractivity contribution >= 4 is 11.4 Å². The van der Waals surface area contributed by atoms with Crippen molar-refractivity contribution in [3.63, 3.8) is 0 Å². The van der Waals surface area contributed by atoms with Crippen LogP contribution >= 0.6 is 0 Å². The molecule has 0 aliphatic carbocycles. The first-order chi connectivity index (χ1) is 14.7. The summed E-state index contributed by atoms with van der Waals surface area (Å²) in [5, 5.41) is 12.4. The van der Waals surface area contributed by atoms with Crippen molar-refractivity contribution in [2.24, 2.45) is 0 Å². The third-order valence-corrected chi connectivity index (χ3v) is 7.55. The second kappa shape index (κ2) is 7.00. The average molecular weight is 404 g/mol. The molecule has 5 nitrogen and oxygen atoms in total. The van der Waals surface area contributed by atoms with Crippen molar-refractivity contribution in [3.8, 4) is 0 Å². The van der Waals surface area contributed by atoms with Crippen LogP contribution in [-0.4, -0.2) is 31.1 Å². The molecule has 4 aliphatic rings. The monoisotopic (exact) mass is 403 g/mol. The van der Waals surface area contributed by atoms with Crippen LogP contribution in [0.5, 0.6) is 0 Å². The zero-order chi connectivity index (χ0) is 20.2. The van der Waals surface area contributed by atoms with Gasteiger partial charge in [0.05, 0.1) is 0 Å². The van der Waals surface area contributed by atoms with Crippen LogP contribution in [0.4, 0.5) is 11.4 Å². The number of hydrogen-bond donors (Lipinski definition) is 0. The molecule has 0 saturated carbocycles. The molecule has 0 bridgehead atoms. The number of anilines is 2. The summed E-state index contributed by atoms with van der Waals surface area (Å²) >= 11 is 0. The Kier molecular flexibility index (Phi) is 4.25. The number of hydrogen-bond acceptors (Lipinski definition) is 4. The van der Waals surface area contributed by atoms with Gasteiger partial charge in [0.2, 0.25) is 0 Å². The molecule has 0 radical (unpaired) electrons. The van der Waals surface area contributed by atoms with Crippen LogP contribution in [0.25, 0.3) is 0 Å². The first-order valence-electron chi connectivity index (χ1n) is 11.6. The largest absolute Gasteiger partial charge is 0.371 e. The van der Waals surface area contributed by atoms with Gasteiger partial charge in [0, 0.05) is 53.6 Å². The Bertz CT molecular complexity index is 894. The van der Waals surface area contributed by atoms with Gasteiger partial charge in [-0.2, -0.15) is 0 Å². The Morgan fingerprint density at radius 1 is 0.667 bits per heavy atom. The van der Waals surface area contributed by atoms with Gasteiger partial charge in [0.1, 0.15) is 0 Å². The summed E-state index contributed by atoms with van der Waals surface area (Å²) in [7, 11) is 0. The lowest BCUT2D eigenvalue weighted by atomic mass is 9.84. The Morgan fingerprint density at radius 2 is 1.00 bits per heavy atom. The first kappa shape index (κ1) is 18.2. The lowest BCUT2D eigenvalue weighted by molar-refractivity contribution is -0.517. The maximum absolute atomic E-state index is 12.4. The highest BCUT2D eigenvalue weighted by Gasteiger charge is 2.33. The molecular weight excluding hydrogens is 374 g/mol. The van der Waals surface area contributed by atoms with Crippen LogP contribution in [0.3, 0.4) is 0 Å². The van der Waals surface area contributed by atoms with Gasteiger partial charge < -0.3 is 9.80 Å². The third kappa shape index (κ3) is 2.82. The molecule has 4 heterocycles. The molecule has 0 aromatic heterocycles. The molecule has 0 unspecified atom stereocenters. The van der Waals surface area contributed by atoms with E-state index in [1.165, 1.54) is 33.6 Å². The maximum Gasteiger partial charge on any atom is 0.263 e. The van der Waals surface area contributed by atoms with E-state index in [1.54, 1.807) is 0 Å². The minimum atomic E-state index is -0.761. The van der Waals surface area contributed by atoms with Crippen LogP contribution in [0.2, 0.25) is 0 Å². The topological polar surface area (TPSA) is 49.6 Å². The summed E-state index contributed by atoms with van der Waals surface area (Å²) in [4.78, 5) is 17.3. The molecule has 6 rings (SSSR count). The zero-order valence-corrected chi connectivity index (χ0v) is 17.5. The molecular formula is C25H29N3O2. The van der Waals surface area contributed by atoms with Gasteiger partial charge in [-0.1, -0.05) is 0 Å². The van der Waals surface area contributed by atoms with Crippen LogP contribution in [-0.2, 0) is 25.7 Å². The maximum atomic E-state index is 12.4. The summed E-state index contributed by atoms with van der Waals surface area (Å²) in [6.45, 7) is 4.51. The first-order valence-corrected chi connectivity index (χ1v) is 11.6. The fraction of sp³-hybridized carbons (Fsp3) is 0.520. The SMILES string of the molecule is O=[N+]([O-])C(c1cc2c3c(c1)CCCN3CCC2)c1cc2c3c(c1)CCCN3CCC2. The Morgan fingerprint density at radius 3 is 1.30 bits per heavy atom. The highest BCUT2D eigenvalue weighted by molar-refractivity contribution is 5.66. The van der Waals surface area contributed by atoms with E-state index in [9.17, 15) is 10.1 Å². The Balaban J connectivity index is 1.48. The van der Waals surface area contributed by atoms with Crippen molar-refractivity contribution in [1.82, 2.24) is 0 Å². The van der Waals surface area contributed by atoms with E-state index in [0.29, 0.717) is 0 Å². The van der Waals surface area contributed by atoms with E-state index in [-0.39, 0.29) is 4.92 Å². The normalized spacial score (nSPS) is 19.5. The Labute approximate surface area is 177 Å². The summed E-state index contributed by atoms with van der Waals surface area (Å²) < 4.78 is 0. The lowest BCUT2D eigenvalue weighted by Gasteiger charge is -2.38. The molecule has 0 spiro atoms. The standard InChI is InChI=1S/C25H29N3O2/c29-28(30)25(21-13-17-5-1-9-26-10-2-6-18(14-21)23(17)26)22-15-19-7-3-11-27-12-4-8-20(16-22)24(19)27/h13-16,25H,1-12H2. The van der Waals surface area contributed by atoms with E-state index >= 15 is 0 Å². The minimum absolute atomic E-state index is 0.0598. The van der Waals surface area contributed by atoms with Crippen LogP contribution in [0.1, 0.15) is 65.1 Å².